The van der Waals surface area contributed by atoms with Crippen molar-refractivity contribution in [3.05, 3.63) is 34.6 Å². The summed E-state index contributed by atoms with van der Waals surface area (Å²) < 4.78 is 13.2. The maximum atomic E-state index is 13.2. The van der Waals surface area contributed by atoms with Crippen LogP contribution in [0.1, 0.15) is 36.5 Å². The zero-order valence-corrected chi connectivity index (χ0v) is 8.11. The highest BCUT2D eigenvalue weighted by Crippen LogP contribution is 2.20. The molecule has 0 aliphatic carbocycles. The van der Waals surface area contributed by atoms with Crippen molar-refractivity contribution in [2.24, 2.45) is 0 Å². The molecule has 1 rings (SSSR count). The number of hydrogen-bond donors (Lipinski definition) is 0. The first-order valence-electron chi connectivity index (χ1n) is 4.29. The van der Waals surface area contributed by atoms with Gasteiger partial charge in [-0.2, -0.15) is 0 Å². The van der Waals surface area contributed by atoms with Gasteiger partial charge in [0.15, 0.2) is 0 Å². The Morgan fingerprint density at radius 2 is 1.50 bits per heavy atom. The number of hydrogen-bond acceptors (Lipinski definition) is 0. The van der Waals surface area contributed by atoms with E-state index >= 15 is 0 Å². The van der Waals surface area contributed by atoms with Crippen molar-refractivity contribution in [3.8, 4) is 0 Å². The van der Waals surface area contributed by atoms with Crippen molar-refractivity contribution in [1.82, 2.24) is 0 Å². The SMILES string of the molecule is Cc1cc(C(C)C)cc(C)c1F. The first-order valence-corrected chi connectivity index (χ1v) is 4.29. The van der Waals surface area contributed by atoms with Gasteiger partial charge in [-0.3, -0.25) is 0 Å². The number of rotatable bonds is 1. The Hall–Kier alpha value is -0.850. The second kappa shape index (κ2) is 3.26. The van der Waals surface area contributed by atoms with E-state index in [1.807, 2.05) is 26.0 Å². The monoisotopic (exact) mass is 166 g/mol. The van der Waals surface area contributed by atoms with Gasteiger partial charge in [0.2, 0.25) is 0 Å². The summed E-state index contributed by atoms with van der Waals surface area (Å²) in [6.45, 7) is 7.86. The van der Waals surface area contributed by atoms with Gasteiger partial charge in [-0.1, -0.05) is 26.0 Å². The zero-order chi connectivity index (χ0) is 9.30. The smallest absolute Gasteiger partial charge is 0.129 e. The third kappa shape index (κ3) is 1.66. The van der Waals surface area contributed by atoms with Crippen LogP contribution in [0.4, 0.5) is 4.39 Å². The van der Waals surface area contributed by atoms with Crippen molar-refractivity contribution in [2.75, 3.05) is 0 Å². The number of halogens is 1. The minimum atomic E-state index is -0.0700. The molecule has 0 radical (unpaired) electrons. The molecule has 0 nitrogen and oxygen atoms in total. The van der Waals surface area contributed by atoms with Crippen molar-refractivity contribution in [1.29, 1.82) is 0 Å². The summed E-state index contributed by atoms with van der Waals surface area (Å²) in [7, 11) is 0. The zero-order valence-electron chi connectivity index (χ0n) is 8.11. The molecule has 0 N–H and O–H groups in total. The van der Waals surface area contributed by atoms with Crippen LogP contribution in [-0.2, 0) is 0 Å². The quantitative estimate of drug-likeness (QED) is 0.598. The lowest BCUT2D eigenvalue weighted by Crippen LogP contribution is -1.94. The lowest BCUT2D eigenvalue weighted by atomic mass is 9.98. The fourth-order valence-electron chi connectivity index (χ4n) is 1.31. The Balaban J connectivity index is 3.21. The molecule has 0 aromatic heterocycles. The van der Waals surface area contributed by atoms with Crippen molar-refractivity contribution >= 4 is 0 Å². The first kappa shape index (κ1) is 9.24. The van der Waals surface area contributed by atoms with E-state index in [1.54, 1.807) is 0 Å². The summed E-state index contributed by atoms with van der Waals surface area (Å²) in [5.74, 6) is 0.405. The van der Waals surface area contributed by atoms with E-state index in [-0.39, 0.29) is 5.82 Å². The maximum absolute atomic E-state index is 13.2. The fraction of sp³-hybridized carbons (Fsp3) is 0.455. The maximum Gasteiger partial charge on any atom is 0.129 e. The Bertz CT molecular complexity index is 264. The summed E-state index contributed by atoms with van der Waals surface area (Å²) in [5, 5.41) is 0. The largest absolute Gasteiger partial charge is 0.206 e. The Morgan fingerprint density at radius 1 is 1.08 bits per heavy atom. The van der Waals surface area contributed by atoms with Crippen molar-refractivity contribution in [2.45, 2.75) is 33.6 Å². The molecular formula is C11H15F. The van der Waals surface area contributed by atoms with Gasteiger partial charge in [-0.25, -0.2) is 4.39 Å². The molecule has 12 heavy (non-hydrogen) atoms. The highest BCUT2D eigenvalue weighted by Gasteiger charge is 2.05. The van der Waals surface area contributed by atoms with Crippen LogP contribution >= 0.6 is 0 Å². The normalized spacial score (nSPS) is 10.8. The van der Waals surface area contributed by atoms with E-state index < -0.39 is 0 Å². The molecule has 0 atom stereocenters. The van der Waals surface area contributed by atoms with Gasteiger partial charge < -0.3 is 0 Å². The lowest BCUT2D eigenvalue weighted by Gasteiger charge is -2.09. The van der Waals surface area contributed by atoms with Gasteiger partial charge >= 0.3 is 0 Å². The molecular weight excluding hydrogens is 151 g/mol. The van der Waals surface area contributed by atoms with Crippen LogP contribution in [0.2, 0.25) is 0 Å². The van der Waals surface area contributed by atoms with Gasteiger partial charge in [0.05, 0.1) is 0 Å². The molecule has 0 heterocycles. The third-order valence-electron chi connectivity index (χ3n) is 2.13. The van der Waals surface area contributed by atoms with Crippen LogP contribution in [0.5, 0.6) is 0 Å². The summed E-state index contributed by atoms with van der Waals surface area (Å²) in [6.07, 6.45) is 0. The van der Waals surface area contributed by atoms with Gasteiger partial charge in [-0.05, 0) is 36.5 Å². The van der Waals surface area contributed by atoms with Crippen LogP contribution in [0.25, 0.3) is 0 Å². The molecule has 0 unspecified atom stereocenters. The van der Waals surface area contributed by atoms with E-state index in [0.29, 0.717) is 5.92 Å². The summed E-state index contributed by atoms with van der Waals surface area (Å²) in [6, 6.07) is 3.85. The molecule has 0 aliphatic heterocycles. The van der Waals surface area contributed by atoms with Crippen molar-refractivity contribution < 1.29 is 4.39 Å². The average molecular weight is 166 g/mol. The van der Waals surface area contributed by atoms with Gasteiger partial charge in [0, 0.05) is 0 Å². The van der Waals surface area contributed by atoms with Crippen LogP contribution < -0.4 is 0 Å². The highest BCUT2D eigenvalue weighted by atomic mass is 19.1. The number of benzene rings is 1. The predicted octanol–water partition coefficient (Wildman–Crippen LogP) is 3.57. The minimum absolute atomic E-state index is 0.0700. The topological polar surface area (TPSA) is 0 Å². The van der Waals surface area contributed by atoms with Crippen molar-refractivity contribution in [3.63, 3.8) is 0 Å². The van der Waals surface area contributed by atoms with E-state index in [1.165, 1.54) is 5.56 Å². The second-order valence-corrected chi connectivity index (χ2v) is 3.62. The van der Waals surface area contributed by atoms with E-state index in [4.69, 9.17) is 0 Å². The van der Waals surface area contributed by atoms with Gasteiger partial charge in [0.1, 0.15) is 5.82 Å². The van der Waals surface area contributed by atoms with E-state index in [2.05, 4.69) is 13.8 Å². The molecule has 0 fully saturated rings. The van der Waals surface area contributed by atoms with E-state index in [0.717, 1.165) is 11.1 Å². The predicted molar refractivity (Wildman–Crippen MR) is 50.0 cm³/mol. The minimum Gasteiger partial charge on any atom is -0.206 e. The second-order valence-electron chi connectivity index (χ2n) is 3.62. The summed E-state index contributed by atoms with van der Waals surface area (Å²) in [5.41, 5.74) is 2.71. The lowest BCUT2D eigenvalue weighted by molar-refractivity contribution is 0.607. The third-order valence-corrected chi connectivity index (χ3v) is 2.13. The summed E-state index contributed by atoms with van der Waals surface area (Å²) >= 11 is 0. The first-order chi connectivity index (χ1) is 5.52. The number of aryl methyl sites for hydroxylation is 2. The van der Waals surface area contributed by atoms with Gasteiger partial charge in [0.25, 0.3) is 0 Å². The average Bonchev–Trinajstić information content (AvgIpc) is 1.99. The molecule has 0 bridgehead atoms. The standard InChI is InChI=1S/C11H15F/c1-7(2)10-5-8(3)11(12)9(4)6-10/h5-7H,1-4H3. The van der Waals surface area contributed by atoms with Gasteiger partial charge in [-0.15, -0.1) is 0 Å². The van der Waals surface area contributed by atoms with Crippen LogP contribution in [0, 0.1) is 19.7 Å². The molecule has 1 aromatic carbocycles. The Labute approximate surface area is 73.4 Å². The molecule has 0 saturated heterocycles. The molecule has 0 spiro atoms. The molecule has 0 amide bonds. The fourth-order valence-corrected chi connectivity index (χ4v) is 1.31. The van der Waals surface area contributed by atoms with Crippen LogP contribution in [-0.4, -0.2) is 0 Å². The highest BCUT2D eigenvalue weighted by molar-refractivity contribution is 5.31. The molecule has 1 aromatic rings. The van der Waals surface area contributed by atoms with E-state index in [9.17, 15) is 4.39 Å². The Kier molecular flexibility index (Phi) is 2.51. The molecule has 1 heteroatoms. The summed E-state index contributed by atoms with van der Waals surface area (Å²) in [4.78, 5) is 0. The van der Waals surface area contributed by atoms with Crippen LogP contribution in [0.15, 0.2) is 12.1 Å². The Morgan fingerprint density at radius 3 is 1.83 bits per heavy atom. The molecule has 0 aliphatic rings. The van der Waals surface area contributed by atoms with Crippen LogP contribution in [0.3, 0.4) is 0 Å². The molecule has 66 valence electrons. The molecule has 0 saturated carbocycles.